The lowest BCUT2D eigenvalue weighted by molar-refractivity contribution is -0.123. The van der Waals surface area contributed by atoms with Crippen LogP contribution in [0.15, 0.2) is 24.3 Å². The maximum Gasteiger partial charge on any atom is 0.338 e. The summed E-state index contributed by atoms with van der Waals surface area (Å²) in [5.74, 6) is -1.18. The van der Waals surface area contributed by atoms with Gasteiger partial charge in [-0.05, 0) is 30.7 Å². The number of carbonyl (C=O) groups is 3. The molecule has 0 aliphatic rings. The number of esters is 1. The molecule has 0 unspecified atom stereocenters. The number of carbonyl (C=O) groups excluding carboxylic acids is 3. The zero-order chi connectivity index (χ0) is 15.7. The van der Waals surface area contributed by atoms with Gasteiger partial charge in [-0.3, -0.25) is 9.59 Å². The standard InChI is InChI=1S/C14H19N3O4/c1-2-7-21-14(20)10-3-5-11(6-4-10)17-13(19)9-16-12(18)8-15/h3-6H,2,7-9,15H2,1H3,(H,16,18)(H,17,19). The van der Waals surface area contributed by atoms with Gasteiger partial charge in [0.2, 0.25) is 11.8 Å². The van der Waals surface area contributed by atoms with Crippen LogP contribution in [0.2, 0.25) is 0 Å². The van der Waals surface area contributed by atoms with Crippen LogP contribution in [0, 0.1) is 0 Å². The molecule has 0 saturated heterocycles. The maximum atomic E-state index is 11.6. The largest absolute Gasteiger partial charge is 0.462 e. The van der Waals surface area contributed by atoms with Gasteiger partial charge in [0.05, 0.1) is 25.3 Å². The van der Waals surface area contributed by atoms with Crippen molar-refractivity contribution in [3.8, 4) is 0 Å². The average Bonchev–Trinajstić information content (AvgIpc) is 2.50. The van der Waals surface area contributed by atoms with Gasteiger partial charge in [-0.1, -0.05) is 6.92 Å². The molecule has 7 nitrogen and oxygen atoms in total. The van der Waals surface area contributed by atoms with Crippen LogP contribution in [0.1, 0.15) is 23.7 Å². The molecule has 0 heterocycles. The minimum atomic E-state index is -0.404. The van der Waals surface area contributed by atoms with Crippen molar-refractivity contribution in [2.24, 2.45) is 5.73 Å². The predicted molar refractivity (Wildman–Crippen MR) is 77.7 cm³/mol. The molecule has 0 fully saturated rings. The van der Waals surface area contributed by atoms with E-state index in [0.717, 1.165) is 6.42 Å². The van der Waals surface area contributed by atoms with Gasteiger partial charge in [0, 0.05) is 5.69 Å². The Hall–Kier alpha value is -2.41. The molecule has 4 N–H and O–H groups in total. The highest BCUT2D eigenvalue weighted by Gasteiger charge is 2.08. The van der Waals surface area contributed by atoms with Crippen LogP contribution in [0.25, 0.3) is 0 Å². The Bertz CT molecular complexity index is 499. The molecule has 0 aliphatic carbocycles. The molecule has 0 bridgehead atoms. The van der Waals surface area contributed by atoms with E-state index in [1.165, 1.54) is 0 Å². The van der Waals surface area contributed by atoms with E-state index in [1.54, 1.807) is 24.3 Å². The molecule has 0 aromatic heterocycles. The number of nitrogens with one attached hydrogen (secondary N) is 2. The molecule has 1 aromatic carbocycles. The van der Waals surface area contributed by atoms with E-state index in [2.05, 4.69) is 10.6 Å². The van der Waals surface area contributed by atoms with E-state index in [4.69, 9.17) is 10.5 Å². The molecule has 0 spiro atoms. The van der Waals surface area contributed by atoms with Gasteiger partial charge in [-0.25, -0.2) is 4.79 Å². The van der Waals surface area contributed by atoms with E-state index in [0.29, 0.717) is 17.9 Å². The highest BCUT2D eigenvalue weighted by atomic mass is 16.5. The molecule has 1 rings (SSSR count). The number of ether oxygens (including phenoxy) is 1. The monoisotopic (exact) mass is 293 g/mol. The first-order valence-corrected chi connectivity index (χ1v) is 6.60. The van der Waals surface area contributed by atoms with Crippen LogP contribution < -0.4 is 16.4 Å². The Labute approximate surface area is 122 Å². The lowest BCUT2D eigenvalue weighted by Crippen LogP contribution is -2.36. The SMILES string of the molecule is CCCOC(=O)c1ccc(NC(=O)CNC(=O)CN)cc1. The predicted octanol–water partition coefficient (Wildman–Crippen LogP) is 0.267. The van der Waals surface area contributed by atoms with Crippen molar-refractivity contribution < 1.29 is 19.1 Å². The van der Waals surface area contributed by atoms with Crippen LogP contribution in [0.3, 0.4) is 0 Å². The second kappa shape index (κ2) is 8.70. The summed E-state index contributed by atoms with van der Waals surface area (Å²) >= 11 is 0. The second-order valence-corrected chi connectivity index (χ2v) is 4.24. The molecule has 1 aromatic rings. The highest BCUT2D eigenvalue weighted by molar-refractivity contribution is 5.95. The van der Waals surface area contributed by atoms with Gasteiger partial charge in [0.1, 0.15) is 0 Å². The van der Waals surface area contributed by atoms with Crippen molar-refractivity contribution in [1.29, 1.82) is 0 Å². The van der Waals surface area contributed by atoms with Gasteiger partial charge in [0.25, 0.3) is 0 Å². The number of amides is 2. The number of rotatable bonds is 7. The summed E-state index contributed by atoms with van der Waals surface area (Å²) in [7, 11) is 0. The number of hydrogen-bond donors (Lipinski definition) is 3. The quantitative estimate of drug-likeness (QED) is 0.625. The second-order valence-electron chi connectivity index (χ2n) is 4.24. The van der Waals surface area contributed by atoms with Gasteiger partial charge in [-0.15, -0.1) is 0 Å². The zero-order valence-corrected chi connectivity index (χ0v) is 11.8. The number of hydrogen-bond acceptors (Lipinski definition) is 5. The minimum absolute atomic E-state index is 0.156. The van der Waals surface area contributed by atoms with Crippen molar-refractivity contribution in [3.05, 3.63) is 29.8 Å². The summed E-state index contributed by atoms with van der Waals surface area (Å²) < 4.78 is 4.99. The summed E-state index contributed by atoms with van der Waals surface area (Å²) in [5, 5.41) is 4.94. The van der Waals surface area contributed by atoms with Crippen LogP contribution in [0.4, 0.5) is 5.69 Å². The van der Waals surface area contributed by atoms with Crippen molar-refractivity contribution in [3.63, 3.8) is 0 Å². The minimum Gasteiger partial charge on any atom is -0.462 e. The van der Waals surface area contributed by atoms with Crippen LogP contribution in [-0.2, 0) is 14.3 Å². The fourth-order valence-electron chi connectivity index (χ4n) is 1.42. The fourth-order valence-corrected chi connectivity index (χ4v) is 1.42. The van der Waals surface area contributed by atoms with Crippen LogP contribution in [0.5, 0.6) is 0 Å². The number of benzene rings is 1. The third kappa shape index (κ3) is 6.05. The molecule has 21 heavy (non-hydrogen) atoms. The molecular formula is C14H19N3O4. The highest BCUT2D eigenvalue weighted by Crippen LogP contribution is 2.10. The van der Waals surface area contributed by atoms with Crippen molar-refractivity contribution in [2.45, 2.75) is 13.3 Å². The Balaban J connectivity index is 2.48. The Morgan fingerprint density at radius 3 is 2.38 bits per heavy atom. The molecular weight excluding hydrogens is 274 g/mol. The fraction of sp³-hybridized carbons (Fsp3) is 0.357. The van der Waals surface area contributed by atoms with Crippen molar-refractivity contribution in [1.82, 2.24) is 5.32 Å². The lowest BCUT2D eigenvalue weighted by atomic mass is 10.2. The normalized spacial score (nSPS) is 9.81. The van der Waals surface area contributed by atoms with Crippen molar-refractivity contribution in [2.75, 3.05) is 25.0 Å². The van der Waals surface area contributed by atoms with E-state index < -0.39 is 11.9 Å². The molecule has 0 saturated carbocycles. The van der Waals surface area contributed by atoms with E-state index in [9.17, 15) is 14.4 Å². The van der Waals surface area contributed by atoms with Crippen LogP contribution in [-0.4, -0.2) is 37.5 Å². The van der Waals surface area contributed by atoms with Gasteiger partial charge < -0.3 is 21.1 Å². The maximum absolute atomic E-state index is 11.6. The zero-order valence-electron chi connectivity index (χ0n) is 11.8. The molecule has 114 valence electrons. The molecule has 0 atom stereocenters. The first-order chi connectivity index (χ1) is 10.1. The smallest absolute Gasteiger partial charge is 0.338 e. The summed E-state index contributed by atoms with van der Waals surface area (Å²) in [5.41, 5.74) is 6.04. The molecule has 0 aliphatic heterocycles. The molecule has 0 radical (unpaired) electrons. The molecule has 2 amide bonds. The number of nitrogens with two attached hydrogens (primary N) is 1. The Kier molecular flexibility index (Phi) is 6.90. The van der Waals surface area contributed by atoms with E-state index in [-0.39, 0.29) is 19.0 Å². The summed E-state index contributed by atoms with van der Waals surface area (Å²) in [6.45, 7) is 1.96. The van der Waals surface area contributed by atoms with Crippen molar-refractivity contribution >= 4 is 23.5 Å². The average molecular weight is 293 g/mol. The third-order valence-electron chi connectivity index (χ3n) is 2.47. The first-order valence-electron chi connectivity index (χ1n) is 6.60. The van der Waals surface area contributed by atoms with Gasteiger partial charge >= 0.3 is 5.97 Å². The Morgan fingerprint density at radius 2 is 1.81 bits per heavy atom. The van der Waals surface area contributed by atoms with E-state index >= 15 is 0 Å². The Morgan fingerprint density at radius 1 is 1.14 bits per heavy atom. The van der Waals surface area contributed by atoms with Gasteiger partial charge in [-0.2, -0.15) is 0 Å². The summed E-state index contributed by atoms with van der Waals surface area (Å²) in [6.07, 6.45) is 0.758. The molecule has 7 heteroatoms. The lowest BCUT2D eigenvalue weighted by Gasteiger charge is -2.07. The summed E-state index contributed by atoms with van der Waals surface area (Å²) in [4.78, 5) is 34.0. The third-order valence-corrected chi connectivity index (χ3v) is 2.47. The van der Waals surface area contributed by atoms with E-state index in [1.807, 2.05) is 6.92 Å². The first kappa shape index (κ1) is 16.6. The van der Waals surface area contributed by atoms with Crippen LogP contribution >= 0.6 is 0 Å². The summed E-state index contributed by atoms with van der Waals surface area (Å²) in [6, 6.07) is 6.30. The number of anilines is 1. The van der Waals surface area contributed by atoms with Gasteiger partial charge in [0.15, 0.2) is 0 Å². The topological polar surface area (TPSA) is 111 Å².